The molecule has 0 spiro atoms. The third kappa shape index (κ3) is 3.73. The molecule has 0 amide bonds. The van der Waals surface area contributed by atoms with Crippen molar-refractivity contribution in [2.45, 2.75) is 12.8 Å². The van der Waals surface area contributed by atoms with Gasteiger partial charge in [-0.15, -0.1) is 0 Å². The van der Waals surface area contributed by atoms with Crippen LogP contribution in [0.2, 0.25) is 0 Å². The molecular weight excluding hydrogens is 268 g/mol. The molecule has 0 aliphatic heterocycles. The summed E-state index contributed by atoms with van der Waals surface area (Å²) in [6.45, 7) is 0.957. The van der Waals surface area contributed by atoms with Gasteiger partial charge in [-0.05, 0) is 36.6 Å². The highest BCUT2D eigenvalue weighted by atomic mass is 14.9. The van der Waals surface area contributed by atoms with Crippen LogP contribution in [0.15, 0.2) is 79.0 Å². The number of aromatic nitrogens is 1. The number of nitrogens with one attached hydrogen (secondary N) is 1. The van der Waals surface area contributed by atoms with Crippen LogP contribution in [-0.2, 0) is 6.42 Å². The highest BCUT2D eigenvalue weighted by molar-refractivity contribution is 5.75. The van der Waals surface area contributed by atoms with Crippen molar-refractivity contribution in [2.24, 2.45) is 0 Å². The fraction of sp³-hybridized carbons (Fsp3) is 0.150. The molecule has 22 heavy (non-hydrogen) atoms. The van der Waals surface area contributed by atoms with Crippen molar-refractivity contribution in [3.63, 3.8) is 0 Å². The first kappa shape index (κ1) is 14.3. The monoisotopic (exact) mass is 288 g/mol. The zero-order valence-electron chi connectivity index (χ0n) is 12.6. The standard InChI is InChI=1S/C20H20N2/c1-2-9-17(10-3-1)11-8-16-22-19-13-5-4-12-18(19)20-14-6-7-15-21-20/h1-7,9-10,12-15,22H,8,11,16H2. The minimum Gasteiger partial charge on any atom is -0.384 e. The number of pyridine rings is 1. The summed E-state index contributed by atoms with van der Waals surface area (Å²) in [4.78, 5) is 4.45. The molecule has 2 aromatic carbocycles. The van der Waals surface area contributed by atoms with Crippen LogP contribution < -0.4 is 5.32 Å². The van der Waals surface area contributed by atoms with Gasteiger partial charge < -0.3 is 5.32 Å². The van der Waals surface area contributed by atoms with Crippen LogP contribution in [0.1, 0.15) is 12.0 Å². The number of rotatable bonds is 6. The summed E-state index contributed by atoms with van der Waals surface area (Å²) in [6, 6.07) is 25.0. The van der Waals surface area contributed by atoms with Crippen LogP contribution in [-0.4, -0.2) is 11.5 Å². The van der Waals surface area contributed by atoms with Crippen LogP contribution >= 0.6 is 0 Å². The van der Waals surface area contributed by atoms with Gasteiger partial charge in [-0.25, -0.2) is 0 Å². The molecule has 3 rings (SSSR count). The summed E-state index contributed by atoms with van der Waals surface area (Å²) < 4.78 is 0. The van der Waals surface area contributed by atoms with Crippen molar-refractivity contribution >= 4 is 5.69 Å². The lowest BCUT2D eigenvalue weighted by molar-refractivity contribution is 0.863. The lowest BCUT2D eigenvalue weighted by Gasteiger charge is -2.11. The zero-order valence-corrected chi connectivity index (χ0v) is 12.6. The first-order chi connectivity index (χ1) is 10.9. The Hall–Kier alpha value is -2.61. The first-order valence-electron chi connectivity index (χ1n) is 7.72. The van der Waals surface area contributed by atoms with E-state index in [4.69, 9.17) is 0 Å². The molecule has 0 bridgehead atoms. The normalized spacial score (nSPS) is 10.4. The number of hydrogen-bond donors (Lipinski definition) is 1. The Labute approximate surface area is 131 Å². The van der Waals surface area contributed by atoms with Gasteiger partial charge >= 0.3 is 0 Å². The molecular formula is C20H20N2. The third-order valence-electron chi connectivity index (χ3n) is 3.67. The molecule has 0 radical (unpaired) electrons. The van der Waals surface area contributed by atoms with Gasteiger partial charge in [0.1, 0.15) is 0 Å². The topological polar surface area (TPSA) is 24.9 Å². The molecule has 1 aromatic heterocycles. The molecule has 2 heteroatoms. The molecule has 110 valence electrons. The van der Waals surface area contributed by atoms with Gasteiger partial charge in [0.25, 0.3) is 0 Å². The average molecular weight is 288 g/mol. The summed E-state index contributed by atoms with van der Waals surface area (Å²) in [5.41, 5.74) is 4.70. The second-order valence-electron chi connectivity index (χ2n) is 5.28. The van der Waals surface area contributed by atoms with Gasteiger partial charge in [-0.2, -0.15) is 0 Å². The molecule has 0 atom stereocenters. The number of anilines is 1. The van der Waals surface area contributed by atoms with E-state index in [2.05, 4.69) is 64.9 Å². The predicted octanol–water partition coefficient (Wildman–Crippen LogP) is 4.79. The Balaban J connectivity index is 1.61. The van der Waals surface area contributed by atoms with Crippen molar-refractivity contribution in [2.75, 3.05) is 11.9 Å². The zero-order chi connectivity index (χ0) is 15.0. The molecule has 0 saturated carbocycles. The Morgan fingerprint density at radius 1 is 0.773 bits per heavy atom. The number of nitrogens with zero attached hydrogens (tertiary/aromatic N) is 1. The van der Waals surface area contributed by atoms with E-state index in [-0.39, 0.29) is 0 Å². The van der Waals surface area contributed by atoms with E-state index in [1.54, 1.807) is 0 Å². The maximum absolute atomic E-state index is 4.45. The van der Waals surface area contributed by atoms with Gasteiger partial charge in [0, 0.05) is 24.0 Å². The van der Waals surface area contributed by atoms with Crippen LogP contribution in [0.5, 0.6) is 0 Å². The van der Waals surface area contributed by atoms with Crippen LogP contribution in [0.4, 0.5) is 5.69 Å². The van der Waals surface area contributed by atoms with E-state index >= 15 is 0 Å². The second kappa shape index (κ2) is 7.41. The second-order valence-corrected chi connectivity index (χ2v) is 5.28. The minimum absolute atomic E-state index is 0.957. The Kier molecular flexibility index (Phi) is 4.83. The third-order valence-corrected chi connectivity index (χ3v) is 3.67. The Morgan fingerprint density at radius 3 is 2.36 bits per heavy atom. The van der Waals surface area contributed by atoms with Gasteiger partial charge in [-0.3, -0.25) is 4.98 Å². The van der Waals surface area contributed by atoms with Crippen molar-refractivity contribution in [3.05, 3.63) is 84.6 Å². The molecule has 2 nitrogen and oxygen atoms in total. The Morgan fingerprint density at radius 2 is 1.55 bits per heavy atom. The summed E-state index contributed by atoms with van der Waals surface area (Å²) in [5.74, 6) is 0. The van der Waals surface area contributed by atoms with E-state index in [1.807, 2.05) is 24.4 Å². The van der Waals surface area contributed by atoms with Crippen LogP contribution in [0.3, 0.4) is 0 Å². The fourth-order valence-electron chi connectivity index (χ4n) is 2.54. The van der Waals surface area contributed by atoms with Crippen molar-refractivity contribution in [1.29, 1.82) is 0 Å². The quantitative estimate of drug-likeness (QED) is 0.659. The van der Waals surface area contributed by atoms with Gasteiger partial charge in [0.15, 0.2) is 0 Å². The molecule has 0 fully saturated rings. The summed E-state index contributed by atoms with van der Waals surface area (Å²) in [5, 5.41) is 3.54. The molecule has 1 N–H and O–H groups in total. The number of benzene rings is 2. The molecule has 3 aromatic rings. The average Bonchev–Trinajstić information content (AvgIpc) is 2.61. The number of para-hydroxylation sites is 1. The van der Waals surface area contributed by atoms with Crippen LogP contribution in [0, 0.1) is 0 Å². The molecule has 0 unspecified atom stereocenters. The molecule has 0 aliphatic carbocycles. The largest absolute Gasteiger partial charge is 0.384 e. The fourth-order valence-corrected chi connectivity index (χ4v) is 2.54. The van der Waals surface area contributed by atoms with Crippen LogP contribution in [0.25, 0.3) is 11.3 Å². The predicted molar refractivity (Wildman–Crippen MR) is 92.9 cm³/mol. The highest BCUT2D eigenvalue weighted by Gasteiger charge is 2.04. The SMILES string of the molecule is c1ccc(CCCNc2ccccc2-c2ccccn2)cc1. The lowest BCUT2D eigenvalue weighted by Crippen LogP contribution is -2.04. The number of hydrogen-bond acceptors (Lipinski definition) is 2. The summed E-state index contributed by atoms with van der Waals surface area (Å²) in [7, 11) is 0. The van der Waals surface area contributed by atoms with E-state index in [9.17, 15) is 0 Å². The van der Waals surface area contributed by atoms with Gasteiger partial charge in [-0.1, -0.05) is 54.6 Å². The maximum Gasteiger partial charge on any atom is 0.0722 e. The van der Waals surface area contributed by atoms with Gasteiger partial charge in [0.2, 0.25) is 0 Å². The Bertz CT molecular complexity index is 693. The minimum atomic E-state index is 0.957. The van der Waals surface area contributed by atoms with E-state index in [0.29, 0.717) is 0 Å². The number of aryl methyl sites for hydroxylation is 1. The van der Waals surface area contributed by atoms with E-state index in [1.165, 1.54) is 5.56 Å². The lowest BCUT2D eigenvalue weighted by atomic mass is 10.1. The van der Waals surface area contributed by atoms with Crippen molar-refractivity contribution in [3.8, 4) is 11.3 Å². The van der Waals surface area contributed by atoms with E-state index < -0.39 is 0 Å². The van der Waals surface area contributed by atoms with Gasteiger partial charge in [0.05, 0.1) is 5.69 Å². The molecule has 1 heterocycles. The smallest absolute Gasteiger partial charge is 0.0722 e. The maximum atomic E-state index is 4.45. The summed E-state index contributed by atoms with van der Waals surface area (Å²) in [6.07, 6.45) is 4.04. The molecule has 0 aliphatic rings. The molecule has 0 saturated heterocycles. The van der Waals surface area contributed by atoms with Crippen molar-refractivity contribution < 1.29 is 0 Å². The first-order valence-corrected chi connectivity index (χ1v) is 7.72. The van der Waals surface area contributed by atoms with Crippen molar-refractivity contribution in [1.82, 2.24) is 4.98 Å². The highest BCUT2D eigenvalue weighted by Crippen LogP contribution is 2.25. The van der Waals surface area contributed by atoms with E-state index in [0.717, 1.165) is 36.3 Å². The summed E-state index contributed by atoms with van der Waals surface area (Å²) >= 11 is 0.